The van der Waals surface area contributed by atoms with Crippen molar-refractivity contribution in [1.82, 2.24) is 14.5 Å². The Labute approximate surface area is 128 Å². The summed E-state index contributed by atoms with van der Waals surface area (Å²) in [6.45, 7) is 2.95. The van der Waals surface area contributed by atoms with Crippen molar-refractivity contribution in [2.75, 3.05) is 27.2 Å². The van der Waals surface area contributed by atoms with Crippen molar-refractivity contribution in [1.29, 1.82) is 0 Å². The van der Waals surface area contributed by atoms with Crippen molar-refractivity contribution in [3.05, 3.63) is 30.1 Å². The van der Waals surface area contributed by atoms with Gasteiger partial charge in [-0.1, -0.05) is 18.6 Å². The van der Waals surface area contributed by atoms with Crippen LogP contribution in [0.2, 0.25) is 0 Å². The minimum atomic E-state index is 0.791. The fraction of sp³-hybridized carbons (Fsp3) is 0.588. The molecule has 2 rings (SSSR count). The van der Waals surface area contributed by atoms with Crippen molar-refractivity contribution in [3.8, 4) is 0 Å². The molecule has 0 aliphatic carbocycles. The van der Waals surface area contributed by atoms with Gasteiger partial charge in [0.1, 0.15) is 5.82 Å². The van der Waals surface area contributed by atoms with E-state index < -0.39 is 0 Å². The minimum absolute atomic E-state index is 0.791. The fourth-order valence-electron chi connectivity index (χ4n) is 2.72. The lowest BCUT2D eigenvalue weighted by molar-refractivity contribution is 0.386. The normalized spacial score (nSPS) is 11.6. The highest BCUT2D eigenvalue weighted by molar-refractivity contribution is 5.75. The van der Waals surface area contributed by atoms with Gasteiger partial charge in [0.05, 0.1) is 11.0 Å². The Kier molecular flexibility index (Phi) is 6.21. The molecule has 2 aromatic rings. The molecule has 1 aromatic heterocycles. The second kappa shape index (κ2) is 8.15. The summed E-state index contributed by atoms with van der Waals surface area (Å²) in [6, 6.07) is 8.46. The Hall–Kier alpha value is -1.39. The predicted molar refractivity (Wildman–Crippen MR) is 89.5 cm³/mol. The highest BCUT2D eigenvalue weighted by Gasteiger charge is 2.09. The first-order valence-electron chi connectivity index (χ1n) is 8.01. The number of rotatable bonds is 9. The first kappa shape index (κ1) is 16.0. The van der Waals surface area contributed by atoms with Gasteiger partial charge >= 0.3 is 0 Å². The molecule has 116 valence electrons. The summed E-state index contributed by atoms with van der Waals surface area (Å²) < 4.78 is 2.40. The van der Waals surface area contributed by atoms with Crippen molar-refractivity contribution < 1.29 is 0 Å². The van der Waals surface area contributed by atoms with E-state index in [9.17, 15) is 0 Å². The molecule has 4 nitrogen and oxygen atoms in total. The number of hydrogen-bond acceptors (Lipinski definition) is 3. The smallest absolute Gasteiger partial charge is 0.109 e. The number of aryl methyl sites for hydroxylation is 2. The molecule has 0 radical (unpaired) electrons. The number of aromatic nitrogens is 2. The van der Waals surface area contributed by atoms with E-state index in [1.54, 1.807) is 0 Å². The van der Waals surface area contributed by atoms with Gasteiger partial charge < -0.3 is 15.2 Å². The van der Waals surface area contributed by atoms with Crippen LogP contribution in [0.5, 0.6) is 0 Å². The SMILES string of the molecule is CN(C)CCCn1c(CCCCCN)nc2ccccc21. The Morgan fingerprint density at radius 3 is 2.67 bits per heavy atom. The lowest BCUT2D eigenvalue weighted by atomic mass is 10.2. The van der Waals surface area contributed by atoms with Gasteiger partial charge in [0.25, 0.3) is 0 Å². The Morgan fingerprint density at radius 1 is 1.10 bits per heavy atom. The molecule has 0 aliphatic rings. The molecule has 0 atom stereocenters. The average Bonchev–Trinajstić information content (AvgIpc) is 2.81. The highest BCUT2D eigenvalue weighted by atomic mass is 15.1. The van der Waals surface area contributed by atoms with E-state index in [1.165, 1.54) is 24.2 Å². The minimum Gasteiger partial charge on any atom is -0.330 e. The molecule has 0 unspecified atom stereocenters. The molecule has 4 heteroatoms. The summed E-state index contributed by atoms with van der Waals surface area (Å²) in [6.07, 6.45) is 5.69. The van der Waals surface area contributed by atoms with Gasteiger partial charge in [-0.2, -0.15) is 0 Å². The lowest BCUT2D eigenvalue weighted by Gasteiger charge is -2.12. The van der Waals surface area contributed by atoms with Crippen LogP contribution in [0, 0.1) is 0 Å². The number of benzene rings is 1. The van der Waals surface area contributed by atoms with E-state index in [-0.39, 0.29) is 0 Å². The number of hydrogen-bond donors (Lipinski definition) is 1. The molecule has 1 aromatic carbocycles. The third-order valence-corrected chi connectivity index (χ3v) is 3.83. The van der Waals surface area contributed by atoms with Crippen LogP contribution in [0.4, 0.5) is 0 Å². The zero-order valence-electron chi connectivity index (χ0n) is 13.4. The molecular weight excluding hydrogens is 260 g/mol. The molecule has 2 N–H and O–H groups in total. The summed E-state index contributed by atoms with van der Waals surface area (Å²) in [5, 5.41) is 0. The van der Waals surface area contributed by atoms with Crippen LogP contribution in [0.15, 0.2) is 24.3 Å². The summed E-state index contributed by atoms with van der Waals surface area (Å²) in [4.78, 5) is 7.06. The fourth-order valence-corrected chi connectivity index (χ4v) is 2.72. The van der Waals surface area contributed by atoms with E-state index >= 15 is 0 Å². The molecule has 0 fully saturated rings. The van der Waals surface area contributed by atoms with Crippen LogP contribution < -0.4 is 5.73 Å². The van der Waals surface area contributed by atoms with Gasteiger partial charge in [0.15, 0.2) is 0 Å². The number of imidazole rings is 1. The van der Waals surface area contributed by atoms with Gasteiger partial charge in [-0.3, -0.25) is 0 Å². The summed E-state index contributed by atoms with van der Waals surface area (Å²) >= 11 is 0. The van der Waals surface area contributed by atoms with Gasteiger partial charge in [-0.25, -0.2) is 4.98 Å². The highest BCUT2D eigenvalue weighted by Crippen LogP contribution is 2.18. The van der Waals surface area contributed by atoms with Crippen LogP contribution in [-0.4, -0.2) is 41.6 Å². The third kappa shape index (κ3) is 4.55. The maximum absolute atomic E-state index is 5.57. The zero-order valence-corrected chi connectivity index (χ0v) is 13.4. The van der Waals surface area contributed by atoms with Crippen LogP contribution in [0.25, 0.3) is 11.0 Å². The van der Waals surface area contributed by atoms with Crippen molar-refractivity contribution in [2.45, 2.75) is 38.6 Å². The molecular formula is C17H28N4. The summed E-state index contributed by atoms with van der Waals surface area (Å²) in [7, 11) is 4.25. The van der Waals surface area contributed by atoms with Crippen LogP contribution in [0.1, 0.15) is 31.5 Å². The van der Waals surface area contributed by atoms with Crippen LogP contribution in [0.3, 0.4) is 0 Å². The number of nitrogens with two attached hydrogens (primary N) is 1. The van der Waals surface area contributed by atoms with Gasteiger partial charge in [0.2, 0.25) is 0 Å². The number of unbranched alkanes of at least 4 members (excludes halogenated alkanes) is 2. The second-order valence-corrected chi connectivity index (χ2v) is 5.92. The second-order valence-electron chi connectivity index (χ2n) is 5.92. The van der Waals surface area contributed by atoms with Gasteiger partial charge in [-0.05, 0) is 58.6 Å². The van der Waals surface area contributed by atoms with E-state index in [2.05, 4.69) is 47.8 Å². The van der Waals surface area contributed by atoms with E-state index in [0.717, 1.165) is 44.4 Å². The van der Waals surface area contributed by atoms with Gasteiger partial charge in [0, 0.05) is 13.0 Å². The summed E-state index contributed by atoms with van der Waals surface area (Å²) in [5.41, 5.74) is 7.96. The first-order chi connectivity index (χ1) is 10.2. The van der Waals surface area contributed by atoms with E-state index in [1.807, 2.05) is 0 Å². The lowest BCUT2D eigenvalue weighted by Crippen LogP contribution is -2.16. The van der Waals surface area contributed by atoms with Gasteiger partial charge in [-0.15, -0.1) is 0 Å². The van der Waals surface area contributed by atoms with Crippen LogP contribution >= 0.6 is 0 Å². The van der Waals surface area contributed by atoms with Crippen molar-refractivity contribution >= 4 is 11.0 Å². The average molecular weight is 288 g/mol. The maximum Gasteiger partial charge on any atom is 0.109 e. The number of fused-ring (bicyclic) bond motifs is 1. The first-order valence-corrected chi connectivity index (χ1v) is 8.01. The monoisotopic (exact) mass is 288 g/mol. The zero-order chi connectivity index (χ0) is 15.1. The Bertz CT molecular complexity index is 545. The standard InChI is InChI=1S/C17H28N4/c1-20(2)13-8-14-21-16-10-6-5-9-15(16)19-17(21)11-4-3-7-12-18/h5-6,9-10H,3-4,7-8,11-14,18H2,1-2H3. The molecule has 0 saturated carbocycles. The quantitative estimate of drug-likeness (QED) is 0.722. The Balaban J connectivity index is 2.09. The molecule has 0 aliphatic heterocycles. The molecule has 1 heterocycles. The van der Waals surface area contributed by atoms with Crippen molar-refractivity contribution in [3.63, 3.8) is 0 Å². The third-order valence-electron chi connectivity index (χ3n) is 3.83. The molecule has 21 heavy (non-hydrogen) atoms. The summed E-state index contributed by atoms with van der Waals surface area (Å²) in [5.74, 6) is 1.23. The molecule has 0 bridgehead atoms. The largest absolute Gasteiger partial charge is 0.330 e. The van der Waals surface area contributed by atoms with E-state index in [4.69, 9.17) is 10.7 Å². The molecule has 0 spiro atoms. The van der Waals surface area contributed by atoms with Crippen LogP contribution in [-0.2, 0) is 13.0 Å². The number of nitrogens with zero attached hydrogens (tertiary/aromatic N) is 3. The predicted octanol–water partition coefficient (Wildman–Crippen LogP) is 2.66. The number of para-hydroxylation sites is 2. The Morgan fingerprint density at radius 2 is 1.90 bits per heavy atom. The molecule has 0 amide bonds. The van der Waals surface area contributed by atoms with E-state index in [0.29, 0.717) is 0 Å². The maximum atomic E-state index is 5.57. The molecule has 0 saturated heterocycles. The van der Waals surface area contributed by atoms with Crippen molar-refractivity contribution in [2.24, 2.45) is 5.73 Å². The topological polar surface area (TPSA) is 47.1 Å².